The third kappa shape index (κ3) is 4.62. The standard InChI is InChI=1S/C20H25N5O3S.C2H6/c1-14-6-7-25(20(14)26)19-18(21-29-22-19)24-10-8-23(9-11-24)12-15-13-27-16-4-2-3-5-17(16)28-15;1-2/h2-5,14-15H,6-13H2,1H3;1-2H3/t14?,15-;/m0./s1. The number of carbonyl (C=O) groups excluding carboxylic acids is 1. The lowest BCUT2D eigenvalue weighted by molar-refractivity contribution is -0.119. The first-order valence-corrected chi connectivity index (χ1v) is 11.9. The molecule has 0 aliphatic carbocycles. The quantitative estimate of drug-likeness (QED) is 0.717. The number of carbonyl (C=O) groups is 1. The first kappa shape index (κ1) is 21.8. The van der Waals surface area contributed by atoms with Crippen LogP contribution >= 0.6 is 11.7 Å². The van der Waals surface area contributed by atoms with Crippen LogP contribution in [-0.4, -0.2) is 71.5 Å². The van der Waals surface area contributed by atoms with E-state index < -0.39 is 0 Å². The summed E-state index contributed by atoms with van der Waals surface area (Å²) in [5, 5.41) is 0. The lowest BCUT2D eigenvalue weighted by Crippen LogP contribution is -2.51. The molecule has 9 heteroatoms. The molecule has 2 fully saturated rings. The molecule has 2 saturated heterocycles. The van der Waals surface area contributed by atoms with Crippen LogP contribution in [0.3, 0.4) is 0 Å². The highest BCUT2D eigenvalue weighted by molar-refractivity contribution is 6.99. The molecule has 3 aliphatic heterocycles. The van der Waals surface area contributed by atoms with Crippen molar-refractivity contribution in [2.75, 3.05) is 55.7 Å². The van der Waals surface area contributed by atoms with Gasteiger partial charge in [0, 0.05) is 45.2 Å². The molecule has 1 amide bonds. The van der Waals surface area contributed by atoms with Crippen molar-refractivity contribution in [3.05, 3.63) is 24.3 Å². The SMILES string of the molecule is CC.CC1CCN(c2nsnc2N2CCN(C[C@H]3COc4ccccc4O3)CC2)C1=O. The Kier molecular flexibility index (Phi) is 6.92. The highest BCUT2D eigenvalue weighted by Gasteiger charge is 2.34. The van der Waals surface area contributed by atoms with E-state index in [0.717, 1.165) is 68.8 Å². The number of fused-ring (bicyclic) bond motifs is 1. The fourth-order valence-electron chi connectivity index (χ4n) is 4.16. The number of anilines is 2. The van der Waals surface area contributed by atoms with Crippen LogP contribution in [0.25, 0.3) is 0 Å². The molecule has 0 spiro atoms. The second-order valence-electron chi connectivity index (χ2n) is 7.88. The van der Waals surface area contributed by atoms with Crippen LogP contribution in [0.15, 0.2) is 24.3 Å². The topological polar surface area (TPSA) is 71.0 Å². The van der Waals surface area contributed by atoms with Crippen molar-refractivity contribution in [2.24, 2.45) is 5.92 Å². The van der Waals surface area contributed by atoms with Gasteiger partial charge in [-0.2, -0.15) is 8.75 Å². The summed E-state index contributed by atoms with van der Waals surface area (Å²) in [6.07, 6.45) is 0.924. The van der Waals surface area contributed by atoms with Gasteiger partial charge < -0.3 is 14.4 Å². The van der Waals surface area contributed by atoms with Gasteiger partial charge in [-0.25, -0.2) is 0 Å². The van der Waals surface area contributed by atoms with Gasteiger partial charge in [-0.05, 0) is 18.6 Å². The number of hydrogen-bond donors (Lipinski definition) is 0. The molecule has 0 radical (unpaired) electrons. The number of piperazine rings is 1. The maximum absolute atomic E-state index is 12.4. The van der Waals surface area contributed by atoms with Gasteiger partial charge >= 0.3 is 0 Å². The molecule has 168 valence electrons. The average molecular weight is 446 g/mol. The maximum atomic E-state index is 12.4. The maximum Gasteiger partial charge on any atom is 0.231 e. The normalized spacial score (nSPS) is 23.5. The van der Waals surface area contributed by atoms with E-state index in [1.54, 1.807) is 4.90 Å². The first-order chi connectivity index (χ1) is 15.2. The summed E-state index contributed by atoms with van der Waals surface area (Å²) >= 11 is 1.19. The third-order valence-electron chi connectivity index (χ3n) is 5.88. The number of nitrogens with zero attached hydrogens (tertiary/aromatic N) is 5. The number of aromatic nitrogens is 2. The van der Waals surface area contributed by atoms with Crippen LogP contribution in [0.5, 0.6) is 11.5 Å². The average Bonchev–Trinajstić information content (AvgIpc) is 3.42. The fraction of sp³-hybridized carbons (Fsp3) is 0.591. The van der Waals surface area contributed by atoms with Crippen molar-refractivity contribution in [3.8, 4) is 11.5 Å². The van der Waals surface area contributed by atoms with E-state index in [1.807, 2.05) is 45.0 Å². The Balaban J connectivity index is 0.00000112. The number of amides is 1. The van der Waals surface area contributed by atoms with Crippen LogP contribution in [0.4, 0.5) is 11.6 Å². The summed E-state index contributed by atoms with van der Waals surface area (Å²) in [4.78, 5) is 18.9. The molecule has 3 aliphatic rings. The van der Waals surface area contributed by atoms with Gasteiger partial charge in [0.15, 0.2) is 23.1 Å². The lowest BCUT2D eigenvalue weighted by atomic mass is 10.1. The number of ether oxygens (including phenoxy) is 2. The molecule has 4 heterocycles. The molecule has 0 bridgehead atoms. The van der Waals surface area contributed by atoms with Gasteiger partial charge in [0.05, 0.1) is 11.7 Å². The van der Waals surface area contributed by atoms with E-state index in [1.165, 1.54) is 11.7 Å². The first-order valence-electron chi connectivity index (χ1n) is 11.2. The predicted octanol–water partition coefficient (Wildman–Crippen LogP) is 2.90. The minimum Gasteiger partial charge on any atom is -0.486 e. The van der Waals surface area contributed by atoms with Crippen molar-refractivity contribution in [1.29, 1.82) is 0 Å². The van der Waals surface area contributed by atoms with Gasteiger partial charge in [0.2, 0.25) is 5.91 Å². The van der Waals surface area contributed by atoms with Gasteiger partial charge in [-0.1, -0.05) is 32.9 Å². The summed E-state index contributed by atoms with van der Waals surface area (Å²) in [6.45, 7) is 11.7. The highest BCUT2D eigenvalue weighted by Crippen LogP contribution is 2.33. The van der Waals surface area contributed by atoms with Crippen molar-refractivity contribution in [3.63, 3.8) is 0 Å². The highest BCUT2D eigenvalue weighted by atomic mass is 32.1. The molecule has 1 aromatic heterocycles. The van der Waals surface area contributed by atoms with Crippen LogP contribution < -0.4 is 19.3 Å². The van der Waals surface area contributed by atoms with E-state index in [2.05, 4.69) is 18.5 Å². The summed E-state index contributed by atoms with van der Waals surface area (Å²) in [7, 11) is 0. The van der Waals surface area contributed by atoms with E-state index in [0.29, 0.717) is 6.61 Å². The molecular weight excluding hydrogens is 414 g/mol. The molecule has 8 nitrogen and oxygen atoms in total. The van der Waals surface area contributed by atoms with Crippen molar-refractivity contribution in [2.45, 2.75) is 33.3 Å². The fourth-order valence-corrected chi connectivity index (χ4v) is 4.74. The van der Waals surface area contributed by atoms with Crippen LogP contribution in [0, 0.1) is 5.92 Å². The number of hydrogen-bond acceptors (Lipinski definition) is 8. The Morgan fingerprint density at radius 3 is 2.45 bits per heavy atom. The Hall–Kier alpha value is -2.39. The molecule has 2 aromatic rings. The smallest absolute Gasteiger partial charge is 0.231 e. The predicted molar refractivity (Wildman–Crippen MR) is 122 cm³/mol. The Morgan fingerprint density at radius 2 is 1.74 bits per heavy atom. The minimum absolute atomic E-state index is 0.0386. The van der Waals surface area contributed by atoms with E-state index in [9.17, 15) is 4.79 Å². The van der Waals surface area contributed by atoms with Crippen molar-refractivity contribution in [1.82, 2.24) is 13.6 Å². The second kappa shape index (κ2) is 9.82. The summed E-state index contributed by atoms with van der Waals surface area (Å²) in [5.41, 5.74) is 0. The van der Waals surface area contributed by atoms with Crippen LogP contribution in [-0.2, 0) is 4.79 Å². The Labute approximate surface area is 188 Å². The van der Waals surface area contributed by atoms with Crippen molar-refractivity contribution >= 4 is 29.3 Å². The monoisotopic (exact) mass is 445 g/mol. The Bertz CT molecular complexity index is 884. The molecule has 0 saturated carbocycles. The molecular formula is C22H31N5O3S. The zero-order valence-corrected chi connectivity index (χ0v) is 19.3. The van der Waals surface area contributed by atoms with Gasteiger partial charge in [-0.3, -0.25) is 14.6 Å². The molecule has 1 aromatic carbocycles. The minimum atomic E-state index is 0.0386. The van der Waals surface area contributed by atoms with Gasteiger partial charge in [0.1, 0.15) is 12.7 Å². The van der Waals surface area contributed by atoms with Gasteiger partial charge in [0.25, 0.3) is 0 Å². The third-order valence-corrected chi connectivity index (χ3v) is 6.39. The summed E-state index contributed by atoms with van der Waals surface area (Å²) in [5.74, 6) is 3.46. The molecule has 5 rings (SSSR count). The lowest BCUT2D eigenvalue weighted by Gasteiger charge is -2.37. The molecule has 0 N–H and O–H groups in total. The van der Waals surface area contributed by atoms with Crippen LogP contribution in [0.2, 0.25) is 0 Å². The van der Waals surface area contributed by atoms with E-state index in [4.69, 9.17) is 9.47 Å². The largest absolute Gasteiger partial charge is 0.486 e. The number of benzene rings is 1. The van der Waals surface area contributed by atoms with E-state index in [-0.39, 0.29) is 17.9 Å². The molecule has 2 atom stereocenters. The number of para-hydroxylation sites is 2. The Morgan fingerprint density at radius 1 is 1.03 bits per heavy atom. The summed E-state index contributed by atoms with van der Waals surface area (Å²) in [6, 6.07) is 7.82. The number of rotatable bonds is 4. The van der Waals surface area contributed by atoms with Crippen LogP contribution in [0.1, 0.15) is 27.2 Å². The zero-order chi connectivity index (χ0) is 21.8. The molecule has 31 heavy (non-hydrogen) atoms. The van der Waals surface area contributed by atoms with Crippen molar-refractivity contribution < 1.29 is 14.3 Å². The molecule has 1 unspecified atom stereocenters. The summed E-state index contributed by atoms with van der Waals surface area (Å²) < 4.78 is 20.9. The van der Waals surface area contributed by atoms with Gasteiger partial charge in [-0.15, -0.1) is 0 Å². The zero-order valence-electron chi connectivity index (χ0n) is 18.5. The van der Waals surface area contributed by atoms with E-state index >= 15 is 0 Å². The second-order valence-corrected chi connectivity index (χ2v) is 8.40.